The van der Waals surface area contributed by atoms with Crippen molar-refractivity contribution in [3.8, 4) is 94.7 Å². The van der Waals surface area contributed by atoms with Crippen molar-refractivity contribution in [1.82, 2.24) is 4.57 Å². The van der Waals surface area contributed by atoms with E-state index in [1.165, 1.54) is 21.5 Å². The van der Waals surface area contributed by atoms with Gasteiger partial charge in [0.1, 0.15) is 22.3 Å². The maximum Gasteiger partial charge on any atom is 0.143 e. The van der Waals surface area contributed by atoms with E-state index in [0.717, 1.165) is 160 Å². The van der Waals surface area contributed by atoms with Gasteiger partial charge in [0.25, 0.3) is 0 Å². The highest BCUT2D eigenvalue weighted by atomic mass is 16.3. The zero-order chi connectivity index (χ0) is 58.5. The van der Waals surface area contributed by atoms with Crippen molar-refractivity contribution < 1.29 is 8.83 Å². The molecule has 0 fully saturated rings. The third-order valence-electron chi connectivity index (χ3n) is 18.3. The smallest absolute Gasteiger partial charge is 0.143 e. The molecule has 18 aromatic rings. The van der Waals surface area contributed by atoms with E-state index < -0.39 is 0 Å². The highest BCUT2D eigenvalue weighted by Gasteiger charge is 2.25. The van der Waals surface area contributed by atoms with Gasteiger partial charge in [-0.3, -0.25) is 0 Å². The van der Waals surface area contributed by atoms with E-state index in [-0.39, 0.29) is 0 Å². The van der Waals surface area contributed by atoms with E-state index in [9.17, 15) is 0 Å². The van der Waals surface area contributed by atoms with Crippen molar-refractivity contribution in [2.45, 2.75) is 0 Å². The maximum absolute atomic E-state index is 7.41. The Morgan fingerprint density at radius 1 is 0.180 bits per heavy atom. The first kappa shape index (κ1) is 50.5. The van der Waals surface area contributed by atoms with Crippen LogP contribution in [0.5, 0.6) is 0 Å². The Balaban J connectivity index is 0.931. The second-order valence-electron chi connectivity index (χ2n) is 23.5. The van der Waals surface area contributed by atoms with Crippen molar-refractivity contribution in [2.75, 3.05) is 0 Å². The molecule has 0 N–H and O–H groups in total. The highest BCUT2D eigenvalue weighted by molar-refractivity contribution is 6.21. The summed E-state index contributed by atoms with van der Waals surface area (Å²) in [6.07, 6.45) is 0. The van der Waals surface area contributed by atoms with Crippen LogP contribution < -0.4 is 0 Å². The molecule has 3 heteroatoms. The zero-order valence-electron chi connectivity index (χ0n) is 48.4. The molecule has 3 nitrogen and oxygen atoms in total. The Kier molecular flexibility index (Phi) is 11.6. The van der Waals surface area contributed by atoms with Gasteiger partial charge in [0.15, 0.2) is 0 Å². The van der Waals surface area contributed by atoms with Crippen LogP contribution in [0.3, 0.4) is 0 Å². The number of aromatic nitrogens is 1. The molecule has 0 aliphatic rings. The molecule has 3 aromatic heterocycles. The average Bonchev–Trinajstić information content (AvgIpc) is 1.81. The van der Waals surface area contributed by atoms with Gasteiger partial charge in [-0.2, -0.15) is 0 Å². The molecule has 0 atom stereocenters. The molecule has 0 spiro atoms. The molecule has 0 unspecified atom stereocenters. The molecule has 0 saturated carbocycles. The third-order valence-corrected chi connectivity index (χ3v) is 18.3. The van der Waals surface area contributed by atoms with Crippen LogP contribution in [0.4, 0.5) is 0 Å². The molecule has 89 heavy (non-hydrogen) atoms. The van der Waals surface area contributed by atoms with Crippen molar-refractivity contribution in [3.05, 3.63) is 322 Å². The lowest BCUT2D eigenvalue weighted by Gasteiger charge is -2.15. The minimum Gasteiger partial charge on any atom is -0.455 e. The van der Waals surface area contributed by atoms with Crippen LogP contribution in [-0.2, 0) is 0 Å². The van der Waals surface area contributed by atoms with Crippen LogP contribution in [0.1, 0.15) is 0 Å². The lowest BCUT2D eigenvalue weighted by Crippen LogP contribution is -1.96. The fraction of sp³-hybridized carbons (Fsp3) is 0. The summed E-state index contributed by atoms with van der Waals surface area (Å²) >= 11 is 0. The lowest BCUT2D eigenvalue weighted by molar-refractivity contribution is 0.671. The Bertz CT molecular complexity index is 5500. The molecule has 0 saturated heterocycles. The van der Waals surface area contributed by atoms with Crippen LogP contribution >= 0.6 is 0 Å². The third kappa shape index (κ3) is 8.35. The van der Waals surface area contributed by atoms with Crippen molar-refractivity contribution in [1.29, 1.82) is 0 Å². The summed E-state index contributed by atoms with van der Waals surface area (Å²) in [5, 5.41) is 11.4. The topological polar surface area (TPSA) is 31.2 Å². The summed E-state index contributed by atoms with van der Waals surface area (Å²) in [5.41, 5.74) is 24.4. The molecule has 0 radical (unpaired) electrons. The summed E-state index contributed by atoms with van der Waals surface area (Å²) in [6.45, 7) is 0. The first-order valence-corrected chi connectivity index (χ1v) is 30.5. The quantitative estimate of drug-likeness (QED) is 0.135. The number of fused-ring (bicyclic) bond motifs is 12. The molecule has 0 aliphatic carbocycles. The molecule has 414 valence electrons. The minimum atomic E-state index is 0.849. The highest BCUT2D eigenvalue weighted by Crippen LogP contribution is 2.49. The van der Waals surface area contributed by atoms with E-state index in [4.69, 9.17) is 8.83 Å². The molecule has 18 rings (SSSR count). The summed E-state index contributed by atoms with van der Waals surface area (Å²) in [6, 6.07) is 117. The Morgan fingerprint density at radius 2 is 0.472 bits per heavy atom. The van der Waals surface area contributed by atoms with Gasteiger partial charge >= 0.3 is 0 Å². The predicted octanol–water partition coefficient (Wildman–Crippen LogP) is 24.2. The van der Waals surface area contributed by atoms with Gasteiger partial charge in [0.05, 0.1) is 16.7 Å². The Labute approximate surface area is 513 Å². The molecular formula is C86H53NO2. The molecule has 15 aromatic carbocycles. The van der Waals surface area contributed by atoms with Gasteiger partial charge in [-0.15, -0.1) is 0 Å². The minimum absolute atomic E-state index is 0.849. The van der Waals surface area contributed by atoms with Crippen LogP contribution in [-0.4, -0.2) is 4.57 Å². The van der Waals surface area contributed by atoms with E-state index in [1.54, 1.807) is 0 Å². The van der Waals surface area contributed by atoms with Crippen molar-refractivity contribution in [2.24, 2.45) is 0 Å². The predicted molar refractivity (Wildman–Crippen MR) is 374 cm³/mol. The van der Waals surface area contributed by atoms with Gasteiger partial charge in [-0.1, -0.05) is 243 Å². The van der Waals surface area contributed by atoms with Crippen molar-refractivity contribution >= 4 is 87.2 Å². The Morgan fingerprint density at radius 3 is 0.843 bits per heavy atom. The van der Waals surface area contributed by atoms with Crippen LogP contribution in [0.15, 0.2) is 330 Å². The SMILES string of the molecule is c1ccc(-c2cc(-c3ccccc3)c3oc4c(-c5ccc6c(c5)c5cc(-c7cc(-c8ccccc8)cc8c7oc7c(-c9ccccc9)cc(-c9ccccc9)cc78)ccc5n6-c5cc6ccccc6c6ccccc56)cc(-c5ccccc5)cc4c3c2)cc1. The van der Waals surface area contributed by atoms with Crippen LogP contribution in [0.25, 0.3) is 182 Å². The van der Waals surface area contributed by atoms with E-state index in [2.05, 4.69) is 326 Å². The lowest BCUT2D eigenvalue weighted by atomic mass is 9.92. The second-order valence-corrected chi connectivity index (χ2v) is 23.5. The van der Waals surface area contributed by atoms with Gasteiger partial charge in [0.2, 0.25) is 0 Å². The van der Waals surface area contributed by atoms with Gasteiger partial charge in [0, 0.05) is 60.0 Å². The molecule has 0 bridgehead atoms. The monoisotopic (exact) mass is 1130 g/mol. The van der Waals surface area contributed by atoms with Crippen LogP contribution in [0, 0.1) is 0 Å². The van der Waals surface area contributed by atoms with Gasteiger partial charge in [-0.05, 0) is 162 Å². The van der Waals surface area contributed by atoms with Crippen LogP contribution in [0.2, 0.25) is 0 Å². The molecule has 0 amide bonds. The first-order valence-electron chi connectivity index (χ1n) is 30.5. The number of hydrogen-bond acceptors (Lipinski definition) is 2. The Hall–Kier alpha value is -11.8. The molecule has 3 heterocycles. The normalized spacial score (nSPS) is 11.8. The summed E-state index contributed by atoms with van der Waals surface area (Å²) < 4.78 is 17.3. The zero-order valence-corrected chi connectivity index (χ0v) is 48.4. The first-order chi connectivity index (χ1) is 44.1. The van der Waals surface area contributed by atoms with E-state index >= 15 is 0 Å². The largest absolute Gasteiger partial charge is 0.455 e. The average molecular weight is 1130 g/mol. The fourth-order valence-electron chi connectivity index (χ4n) is 14.1. The van der Waals surface area contributed by atoms with Gasteiger partial charge < -0.3 is 13.4 Å². The molecule has 0 aliphatic heterocycles. The second kappa shape index (κ2) is 20.4. The summed E-state index contributed by atoms with van der Waals surface area (Å²) in [7, 11) is 0. The number of rotatable bonds is 9. The number of nitrogens with zero attached hydrogens (tertiary/aromatic N) is 1. The fourth-order valence-corrected chi connectivity index (χ4v) is 14.1. The standard InChI is InChI=1S/C86H53NO2/c1-7-23-54(24-8-1)63-45-70(58-31-15-5-16-32-58)83-76(49-63)78-51-65(56-27-11-3-12-28-56)47-72(85(78)88-83)61-39-41-80-74(43-61)75-44-62(40-42-81(75)87(80)82-53-60-35-19-20-36-67(60)68-37-21-22-38-69(68)82)73-48-66(57-29-13-4-14-30-57)52-79-77-50-64(55-25-9-2-10-26-55)46-71(84(77)89-86(73)79)59-33-17-6-18-34-59/h1-53H. The van der Waals surface area contributed by atoms with Gasteiger partial charge in [-0.25, -0.2) is 0 Å². The van der Waals surface area contributed by atoms with E-state index in [1.807, 2.05) is 0 Å². The van der Waals surface area contributed by atoms with E-state index in [0.29, 0.717) is 0 Å². The maximum atomic E-state index is 7.41. The number of benzene rings is 15. The number of hydrogen-bond donors (Lipinski definition) is 0. The van der Waals surface area contributed by atoms with Crippen molar-refractivity contribution in [3.63, 3.8) is 0 Å². The number of furan rings is 2. The summed E-state index contributed by atoms with van der Waals surface area (Å²) in [5.74, 6) is 0. The summed E-state index contributed by atoms with van der Waals surface area (Å²) in [4.78, 5) is 0. The molecular weight excluding hydrogens is 1080 g/mol.